The first kappa shape index (κ1) is 21.6. The Balaban J connectivity index is 2.90. The molecule has 0 aliphatic carbocycles. The molecular formula is C18H36O3Si3. The second-order valence-corrected chi connectivity index (χ2v) is 21.9. The zero-order valence-corrected chi connectivity index (χ0v) is 20.0. The number of para-hydroxylation sites is 1. The van der Waals surface area contributed by atoms with Crippen molar-refractivity contribution in [2.75, 3.05) is 0 Å². The minimum atomic E-state index is -2.23. The summed E-state index contributed by atoms with van der Waals surface area (Å²) < 4.78 is 13.2. The van der Waals surface area contributed by atoms with E-state index in [4.69, 9.17) is 8.23 Å². The molecule has 0 saturated carbocycles. The molecule has 1 aromatic carbocycles. The largest absolute Gasteiger partial charge is 0.507 e. The third-order valence-corrected chi connectivity index (χ3v) is 13.4. The topological polar surface area (TPSA) is 38.7 Å². The zero-order valence-electron chi connectivity index (χ0n) is 17.0. The number of phenols is 1. The van der Waals surface area contributed by atoms with Crippen LogP contribution >= 0.6 is 0 Å². The van der Waals surface area contributed by atoms with Gasteiger partial charge in [-0.3, -0.25) is 0 Å². The molecular weight excluding hydrogens is 348 g/mol. The van der Waals surface area contributed by atoms with Gasteiger partial charge in [-0.15, -0.1) is 0 Å². The minimum Gasteiger partial charge on any atom is -0.507 e. The molecule has 0 radical (unpaired) electrons. The first-order chi connectivity index (χ1) is 10.7. The second kappa shape index (κ2) is 7.87. The molecule has 0 saturated heterocycles. The summed E-state index contributed by atoms with van der Waals surface area (Å²) in [6.07, 6.45) is 0.861. The third kappa shape index (κ3) is 7.65. The van der Waals surface area contributed by atoms with E-state index in [2.05, 4.69) is 52.8 Å². The number of hydrogen-bond acceptors (Lipinski definition) is 3. The van der Waals surface area contributed by atoms with Crippen LogP contribution in [0.15, 0.2) is 18.2 Å². The van der Waals surface area contributed by atoms with E-state index in [1.165, 1.54) is 0 Å². The SMILES string of the molecule is Cc1cccc(CC(C)C[Si](C)(O[Si](C)(C)C)O[Si](C)(C)C)c1O. The highest BCUT2D eigenvalue weighted by Crippen LogP contribution is 2.31. The lowest BCUT2D eigenvalue weighted by Crippen LogP contribution is -2.53. The number of aromatic hydroxyl groups is 1. The first-order valence-electron chi connectivity index (χ1n) is 8.89. The van der Waals surface area contributed by atoms with Gasteiger partial charge in [0, 0.05) is 0 Å². The van der Waals surface area contributed by atoms with E-state index in [9.17, 15) is 5.11 Å². The lowest BCUT2D eigenvalue weighted by molar-refractivity contribution is 0.368. The Morgan fingerprint density at radius 2 is 1.46 bits per heavy atom. The highest BCUT2D eigenvalue weighted by molar-refractivity contribution is 6.87. The molecule has 24 heavy (non-hydrogen) atoms. The Bertz CT molecular complexity index is 531. The van der Waals surface area contributed by atoms with Crippen molar-refractivity contribution >= 4 is 25.2 Å². The Morgan fingerprint density at radius 3 is 1.92 bits per heavy atom. The molecule has 1 aromatic rings. The summed E-state index contributed by atoms with van der Waals surface area (Å²) in [5, 5.41) is 10.3. The van der Waals surface area contributed by atoms with Gasteiger partial charge in [0.1, 0.15) is 5.75 Å². The number of rotatable bonds is 8. The van der Waals surface area contributed by atoms with Crippen LogP contribution < -0.4 is 0 Å². The summed E-state index contributed by atoms with van der Waals surface area (Å²) in [6.45, 7) is 19.9. The molecule has 1 atom stereocenters. The van der Waals surface area contributed by atoms with Gasteiger partial charge in [0.15, 0.2) is 16.6 Å². The van der Waals surface area contributed by atoms with Crippen molar-refractivity contribution < 1.29 is 13.3 Å². The molecule has 1 rings (SSSR count). The van der Waals surface area contributed by atoms with Crippen LogP contribution in [0.3, 0.4) is 0 Å². The molecule has 6 heteroatoms. The van der Waals surface area contributed by atoms with Crippen LogP contribution in [-0.2, 0) is 14.7 Å². The lowest BCUT2D eigenvalue weighted by atomic mass is 10.00. The monoisotopic (exact) mass is 384 g/mol. The van der Waals surface area contributed by atoms with Gasteiger partial charge < -0.3 is 13.3 Å². The molecule has 0 aliphatic rings. The van der Waals surface area contributed by atoms with Crippen molar-refractivity contribution in [3.05, 3.63) is 29.3 Å². The molecule has 0 bridgehead atoms. The maximum atomic E-state index is 10.3. The molecule has 3 nitrogen and oxygen atoms in total. The van der Waals surface area contributed by atoms with Gasteiger partial charge in [-0.25, -0.2) is 0 Å². The highest BCUT2D eigenvalue weighted by Gasteiger charge is 2.41. The van der Waals surface area contributed by atoms with E-state index in [1.54, 1.807) is 0 Å². The van der Waals surface area contributed by atoms with Crippen molar-refractivity contribution in [2.24, 2.45) is 5.92 Å². The summed E-state index contributed by atoms with van der Waals surface area (Å²) in [4.78, 5) is 0. The summed E-state index contributed by atoms with van der Waals surface area (Å²) in [5.74, 6) is 0.854. The van der Waals surface area contributed by atoms with Crippen molar-refractivity contribution in [1.82, 2.24) is 0 Å². The number of hydrogen-bond donors (Lipinski definition) is 1. The molecule has 0 aromatic heterocycles. The van der Waals surface area contributed by atoms with E-state index in [0.717, 1.165) is 23.6 Å². The molecule has 0 aliphatic heterocycles. The van der Waals surface area contributed by atoms with Gasteiger partial charge in [-0.1, -0.05) is 25.1 Å². The molecule has 0 amide bonds. The van der Waals surface area contributed by atoms with Crippen molar-refractivity contribution in [1.29, 1.82) is 0 Å². The van der Waals surface area contributed by atoms with Gasteiger partial charge in [0.25, 0.3) is 0 Å². The minimum absolute atomic E-state index is 0.419. The molecule has 0 heterocycles. The van der Waals surface area contributed by atoms with Crippen LogP contribution in [0.25, 0.3) is 0 Å². The van der Waals surface area contributed by atoms with E-state index >= 15 is 0 Å². The standard InChI is InChI=1S/C18H36O3Si3/c1-15(13-17-12-10-11-16(2)18(17)19)14-24(9,20-22(3,4)5)21-23(6,7)8/h10-12,15,19H,13-14H2,1-9H3. The average molecular weight is 385 g/mol. The fourth-order valence-corrected chi connectivity index (χ4v) is 16.3. The Kier molecular flexibility index (Phi) is 7.09. The van der Waals surface area contributed by atoms with Crippen molar-refractivity contribution in [3.63, 3.8) is 0 Å². The maximum Gasteiger partial charge on any atom is 0.314 e. The number of benzene rings is 1. The maximum absolute atomic E-state index is 10.3. The van der Waals surface area contributed by atoms with Gasteiger partial charge >= 0.3 is 8.56 Å². The van der Waals surface area contributed by atoms with E-state index in [0.29, 0.717) is 11.7 Å². The van der Waals surface area contributed by atoms with Crippen LogP contribution in [0.2, 0.25) is 51.9 Å². The van der Waals surface area contributed by atoms with Crippen molar-refractivity contribution in [3.8, 4) is 5.75 Å². The third-order valence-electron chi connectivity index (χ3n) is 3.65. The quantitative estimate of drug-likeness (QED) is 0.588. The predicted octanol–water partition coefficient (Wildman–Crippen LogP) is 5.65. The average Bonchev–Trinajstić information content (AvgIpc) is 2.29. The number of phenolic OH excluding ortho intramolecular Hbond substituents is 1. The predicted molar refractivity (Wildman–Crippen MR) is 111 cm³/mol. The smallest absolute Gasteiger partial charge is 0.314 e. The van der Waals surface area contributed by atoms with Crippen LogP contribution in [0.5, 0.6) is 5.75 Å². The zero-order chi connectivity index (χ0) is 18.8. The Labute approximate surface area is 151 Å². The highest BCUT2D eigenvalue weighted by atomic mass is 28.5. The normalized spacial score (nSPS) is 14.7. The van der Waals surface area contributed by atoms with Gasteiger partial charge in [0.2, 0.25) is 0 Å². The van der Waals surface area contributed by atoms with Gasteiger partial charge in [-0.05, 0) is 82.3 Å². The second-order valence-electron chi connectivity index (χ2n) is 9.16. The Hall–Kier alpha value is -0.409. The molecule has 138 valence electrons. The molecule has 1 unspecified atom stereocenters. The molecule has 0 spiro atoms. The summed E-state index contributed by atoms with van der Waals surface area (Å²) in [7, 11) is -5.55. The summed E-state index contributed by atoms with van der Waals surface area (Å²) in [5.41, 5.74) is 1.97. The summed E-state index contributed by atoms with van der Waals surface area (Å²) in [6, 6.07) is 6.96. The van der Waals surface area contributed by atoms with Crippen LogP contribution in [-0.4, -0.2) is 30.3 Å². The lowest BCUT2D eigenvalue weighted by Gasteiger charge is -2.39. The van der Waals surface area contributed by atoms with E-state index in [1.807, 2.05) is 25.1 Å². The van der Waals surface area contributed by atoms with Crippen molar-refractivity contribution in [2.45, 2.75) is 72.1 Å². The summed E-state index contributed by atoms with van der Waals surface area (Å²) >= 11 is 0. The van der Waals surface area contributed by atoms with Crippen LogP contribution in [0.1, 0.15) is 18.1 Å². The van der Waals surface area contributed by atoms with Crippen LogP contribution in [0.4, 0.5) is 0 Å². The molecule has 1 N–H and O–H groups in total. The fraction of sp³-hybridized carbons (Fsp3) is 0.667. The first-order valence-corrected chi connectivity index (χ1v) is 18.2. The number of aryl methyl sites for hydroxylation is 1. The fourth-order valence-electron chi connectivity index (χ4n) is 3.36. The van der Waals surface area contributed by atoms with E-state index in [-0.39, 0.29) is 0 Å². The van der Waals surface area contributed by atoms with Gasteiger partial charge in [0.05, 0.1) is 0 Å². The van der Waals surface area contributed by atoms with Gasteiger partial charge in [-0.2, -0.15) is 0 Å². The Morgan fingerprint density at radius 1 is 0.958 bits per heavy atom. The van der Waals surface area contributed by atoms with E-state index < -0.39 is 25.2 Å². The van der Waals surface area contributed by atoms with Crippen LogP contribution in [0, 0.1) is 12.8 Å². The molecule has 0 fully saturated rings.